The zero-order valence-corrected chi connectivity index (χ0v) is 9.74. The highest BCUT2D eigenvalue weighted by Gasteiger charge is 2.36. The van der Waals surface area contributed by atoms with Crippen LogP contribution in [0.1, 0.15) is 35.3 Å². The van der Waals surface area contributed by atoms with Crippen molar-refractivity contribution in [3.63, 3.8) is 0 Å². The summed E-state index contributed by atoms with van der Waals surface area (Å²) in [6, 6.07) is -0.384. The smallest absolute Gasteiger partial charge is 0.311 e. The number of hydrogen-bond acceptors (Lipinski definition) is 3. The van der Waals surface area contributed by atoms with E-state index in [4.69, 9.17) is 0 Å². The van der Waals surface area contributed by atoms with Crippen molar-refractivity contribution in [3.8, 4) is 0 Å². The lowest BCUT2D eigenvalue weighted by Crippen LogP contribution is -2.37. The number of rotatable bonds is 2. The Morgan fingerprint density at radius 3 is 2.71 bits per heavy atom. The van der Waals surface area contributed by atoms with Gasteiger partial charge in [-0.25, -0.2) is 9.37 Å². The molecule has 1 aliphatic rings. The molecule has 2 rings (SSSR count). The van der Waals surface area contributed by atoms with Crippen LogP contribution >= 0.6 is 11.3 Å². The fraction of sp³-hybridized carbons (Fsp3) is 0.700. The maximum absolute atomic E-state index is 14.0. The van der Waals surface area contributed by atoms with Crippen LogP contribution in [0.25, 0.3) is 0 Å². The topological polar surface area (TPSA) is 24.9 Å². The lowest BCUT2D eigenvalue weighted by molar-refractivity contribution is -0.137. The number of nitrogens with zero attached hydrogens (tertiary/aromatic N) is 1. The zero-order valence-electron chi connectivity index (χ0n) is 8.93. The summed E-state index contributed by atoms with van der Waals surface area (Å²) in [7, 11) is 0. The van der Waals surface area contributed by atoms with Gasteiger partial charge in [-0.05, 0) is 19.4 Å². The number of piperidine rings is 1. The van der Waals surface area contributed by atoms with Gasteiger partial charge in [0.2, 0.25) is 0 Å². The normalized spacial score (nSPS) is 23.6. The van der Waals surface area contributed by atoms with Crippen LogP contribution in [0.15, 0.2) is 6.20 Å². The minimum absolute atomic E-state index is 0.0525. The Bertz CT molecular complexity index is 371. The Kier molecular flexibility index (Phi) is 3.67. The van der Waals surface area contributed by atoms with E-state index in [1.54, 1.807) is 0 Å². The molecule has 0 saturated carbocycles. The average molecular weight is 268 g/mol. The van der Waals surface area contributed by atoms with E-state index in [-0.39, 0.29) is 10.9 Å². The summed E-state index contributed by atoms with van der Waals surface area (Å²) in [6.45, 7) is 0.718. The summed E-state index contributed by atoms with van der Waals surface area (Å²) in [4.78, 5) is 3.28. The van der Waals surface area contributed by atoms with Crippen molar-refractivity contribution in [2.75, 3.05) is 6.54 Å². The molecule has 1 N–H and O–H groups in total. The van der Waals surface area contributed by atoms with Crippen LogP contribution in [0.2, 0.25) is 0 Å². The van der Waals surface area contributed by atoms with Gasteiger partial charge >= 0.3 is 6.18 Å². The Labute approximate surface area is 100 Å². The molecule has 0 aliphatic carbocycles. The van der Waals surface area contributed by atoms with Gasteiger partial charge in [-0.2, -0.15) is 13.2 Å². The summed E-state index contributed by atoms with van der Waals surface area (Å²) >= 11 is 0.390. The lowest BCUT2D eigenvalue weighted by atomic mass is 10.0. The number of aromatic nitrogens is 1. The van der Waals surface area contributed by atoms with Gasteiger partial charge in [0, 0.05) is 12.2 Å². The fourth-order valence-electron chi connectivity index (χ4n) is 1.87. The van der Waals surface area contributed by atoms with E-state index < -0.39 is 17.4 Å². The number of thiazole rings is 1. The van der Waals surface area contributed by atoms with E-state index in [1.165, 1.54) is 0 Å². The molecule has 17 heavy (non-hydrogen) atoms. The molecule has 2 unspecified atom stereocenters. The van der Waals surface area contributed by atoms with Gasteiger partial charge in [-0.1, -0.05) is 6.42 Å². The quantitative estimate of drug-likeness (QED) is 0.832. The van der Waals surface area contributed by atoms with Crippen LogP contribution in [-0.2, 0) is 6.18 Å². The van der Waals surface area contributed by atoms with Crippen LogP contribution in [0, 0.1) is 0 Å². The molecule has 1 fully saturated rings. The maximum Gasteiger partial charge on any atom is 0.443 e. The first-order valence-electron chi connectivity index (χ1n) is 5.39. The summed E-state index contributed by atoms with van der Waals surface area (Å²) in [5.74, 6) is 0. The largest absolute Gasteiger partial charge is 0.443 e. The first kappa shape index (κ1) is 12.8. The van der Waals surface area contributed by atoms with Crippen molar-refractivity contribution in [1.82, 2.24) is 10.3 Å². The van der Waals surface area contributed by atoms with Gasteiger partial charge < -0.3 is 5.32 Å². The fourth-order valence-corrected chi connectivity index (χ4v) is 2.70. The van der Waals surface area contributed by atoms with Crippen LogP contribution in [0.3, 0.4) is 0 Å². The predicted octanol–water partition coefficient (Wildman–Crippen LogP) is 3.31. The van der Waals surface area contributed by atoms with Crippen molar-refractivity contribution < 1.29 is 17.6 Å². The van der Waals surface area contributed by atoms with Gasteiger partial charge in [-0.3, -0.25) is 0 Å². The van der Waals surface area contributed by atoms with Crippen LogP contribution in [0.5, 0.6) is 0 Å². The van der Waals surface area contributed by atoms with Gasteiger partial charge in [0.1, 0.15) is 0 Å². The second-order valence-corrected chi connectivity index (χ2v) is 5.09. The molecule has 96 valence electrons. The van der Waals surface area contributed by atoms with E-state index in [9.17, 15) is 17.6 Å². The van der Waals surface area contributed by atoms with E-state index >= 15 is 0 Å². The Morgan fingerprint density at radius 2 is 2.18 bits per heavy atom. The van der Waals surface area contributed by atoms with E-state index in [0.29, 0.717) is 17.8 Å². The van der Waals surface area contributed by atoms with Crippen LogP contribution in [-0.4, -0.2) is 17.6 Å². The van der Waals surface area contributed by atoms with E-state index in [2.05, 4.69) is 10.3 Å². The summed E-state index contributed by atoms with van der Waals surface area (Å²) in [6.07, 6.45) is -2.34. The second kappa shape index (κ2) is 4.89. The Balaban J connectivity index is 2.08. The molecule has 0 amide bonds. The molecule has 0 bridgehead atoms. The molecule has 2 nitrogen and oxygen atoms in total. The third-order valence-corrected chi connectivity index (χ3v) is 3.84. The number of hydrogen-bond donors (Lipinski definition) is 1. The summed E-state index contributed by atoms with van der Waals surface area (Å²) in [5.41, 5.74) is 0. The molecule has 1 aromatic rings. The molecule has 2 atom stereocenters. The minimum Gasteiger partial charge on any atom is -0.311 e. The van der Waals surface area contributed by atoms with E-state index in [0.717, 1.165) is 25.6 Å². The third kappa shape index (κ3) is 2.95. The Morgan fingerprint density at radius 1 is 1.41 bits per heavy atom. The first-order chi connectivity index (χ1) is 7.98. The zero-order chi connectivity index (χ0) is 12.5. The van der Waals surface area contributed by atoms with Crippen molar-refractivity contribution in [2.45, 2.75) is 37.7 Å². The molecule has 7 heteroatoms. The van der Waals surface area contributed by atoms with Crippen molar-refractivity contribution >= 4 is 11.3 Å². The van der Waals surface area contributed by atoms with Gasteiger partial charge in [0.25, 0.3) is 0 Å². The Hall–Kier alpha value is -0.690. The number of halogens is 4. The number of alkyl halides is 4. The van der Waals surface area contributed by atoms with Crippen molar-refractivity contribution in [3.05, 3.63) is 16.1 Å². The van der Waals surface area contributed by atoms with Gasteiger partial charge in [0.15, 0.2) is 11.2 Å². The average Bonchev–Trinajstić information content (AvgIpc) is 2.78. The highest BCUT2D eigenvalue weighted by molar-refractivity contribution is 7.11. The molecule has 0 aromatic carbocycles. The van der Waals surface area contributed by atoms with Crippen LogP contribution in [0.4, 0.5) is 17.6 Å². The van der Waals surface area contributed by atoms with Crippen molar-refractivity contribution in [1.29, 1.82) is 0 Å². The molecule has 1 saturated heterocycles. The molecule has 1 aliphatic heterocycles. The third-order valence-electron chi connectivity index (χ3n) is 2.74. The maximum atomic E-state index is 14.0. The highest BCUT2D eigenvalue weighted by Crippen LogP contribution is 2.37. The molecule has 1 aromatic heterocycles. The first-order valence-corrected chi connectivity index (χ1v) is 6.20. The lowest BCUT2D eigenvalue weighted by Gasteiger charge is -2.25. The standard InChI is InChI=1S/C10H12F4N2S/c11-8(6-3-1-2-4-15-6)7-5-16-9(17-7)10(12,13)14/h5-6,8,15H,1-4H2. The second-order valence-electron chi connectivity index (χ2n) is 4.02. The van der Waals surface area contributed by atoms with Crippen LogP contribution < -0.4 is 5.32 Å². The molecule has 0 radical (unpaired) electrons. The summed E-state index contributed by atoms with van der Waals surface area (Å²) < 4.78 is 50.9. The van der Waals surface area contributed by atoms with E-state index in [1.807, 2.05) is 0 Å². The predicted molar refractivity (Wildman–Crippen MR) is 56.6 cm³/mol. The number of nitrogens with one attached hydrogen (secondary N) is 1. The van der Waals surface area contributed by atoms with Gasteiger partial charge in [-0.15, -0.1) is 11.3 Å². The molecule has 2 heterocycles. The summed E-state index contributed by atoms with van der Waals surface area (Å²) in [5, 5.41) is 2.01. The monoisotopic (exact) mass is 268 g/mol. The molecular weight excluding hydrogens is 256 g/mol. The highest BCUT2D eigenvalue weighted by atomic mass is 32.1. The molecule has 0 spiro atoms. The molecular formula is C10H12F4N2S. The minimum atomic E-state index is -4.48. The SMILES string of the molecule is FC(c1cnc(C(F)(F)F)s1)C1CCCCN1. The van der Waals surface area contributed by atoms with Gasteiger partial charge in [0.05, 0.1) is 4.88 Å². The van der Waals surface area contributed by atoms with Crippen molar-refractivity contribution in [2.24, 2.45) is 0 Å².